The van der Waals surface area contributed by atoms with Gasteiger partial charge in [-0.25, -0.2) is 9.37 Å². The lowest BCUT2D eigenvalue weighted by Gasteiger charge is -2.14. The minimum Gasteiger partial charge on any atom is -0.507 e. The van der Waals surface area contributed by atoms with Crippen molar-refractivity contribution in [3.63, 3.8) is 0 Å². The van der Waals surface area contributed by atoms with Crippen molar-refractivity contribution in [3.8, 4) is 11.8 Å². The van der Waals surface area contributed by atoms with Crippen LogP contribution < -0.4 is 4.74 Å². The lowest BCUT2D eigenvalue weighted by atomic mass is 10.1. The summed E-state index contributed by atoms with van der Waals surface area (Å²) in [7, 11) is 1.35. The topological polar surface area (TPSA) is 108 Å². The molecule has 0 saturated carbocycles. The molecular weight excluding hydrogens is 377 g/mol. The molecule has 7 nitrogen and oxygen atoms in total. The molecule has 0 unspecified atom stereocenters. The van der Waals surface area contributed by atoms with Crippen LogP contribution >= 0.6 is 0 Å². The largest absolute Gasteiger partial charge is 0.507 e. The molecule has 3 rings (SSSR count). The minimum absolute atomic E-state index is 0.0700. The average Bonchev–Trinajstić information content (AvgIpc) is 3.12. The number of fused-ring (bicyclic) bond motifs is 1. The number of halogens is 1. The molecule has 0 saturated heterocycles. The SMILES string of the molecule is COc1ccc(CC(=O)O[C@@H](C)/C(O)=C(\C#N)c2nc3ccccc3[nH]2)cc1F. The predicted octanol–water partition coefficient (Wildman–Crippen LogP) is 3.68. The van der Waals surface area contributed by atoms with Gasteiger partial charge in [-0.15, -0.1) is 0 Å². The minimum atomic E-state index is -1.09. The number of nitrogens with zero attached hydrogens (tertiary/aromatic N) is 2. The number of aromatic nitrogens is 2. The Morgan fingerprint density at radius 3 is 2.76 bits per heavy atom. The van der Waals surface area contributed by atoms with E-state index in [2.05, 4.69) is 9.97 Å². The van der Waals surface area contributed by atoms with Crippen molar-refractivity contribution in [3.05, 3.63) is 65.4 Å². The number of ether oxygens (including phenoxy) is 2. The zero-order valence-corrected chi connectivity index (χ0v) is 15.8. The van der Waals surface area contributed by atoms with Crippen molar-refractivity contribution in [1.82, 2.24) is 9.97 Å². The number of nitriles is 1. The summed E-state index contributed by atoms with van der Waals surface area (Å²) in [6, 6.07) is 13.2. The van der Waals surface area contributed by atoms with Crippen LogP contribution in [0.25, 0.3) is 16.6 Å². The third-order valence-corrected chi connectivity index (χ3v) is 4.25. The number of aliphatic hydroxyl groups excluding tert-OH is 1. The van der Waals surface area contributed by atoms with Gasteiger partial charge in [0.2, 0.25) is 0 Å². The first-order chi connectivity index (χ1) is 13.9. The first kappa shape index (κ1) is 19.9. The third kappa shape index (κ3) is 4.35. The number of H-pyrrole nitrogens is 1. The molecule has 29 heavy (non-hydrogen) atoms. The van der Waals surface area contributed by atoms with E-state index in [0.717, 1.165) is 0 Å². The maximum Gasteiger partial charge on any atom is 0.310 e. The molecule has 0 bridgehead atoms. The molecule has 0 amide bonds. The van der Waals surface area contributed by atoms with Crippen LogP contribution in [0.1, 0.15) is 18.3 Å². The van der Waals surface area contributed by atoms with Crippen molar-refractivity contribution in [2.45, 2.75) is 19.4 Å². The van der Waals surface area contributed by atoms with Gasteiger partial charge in [0, 0.05) is 0 Å². The zero-order chi connectivity index (χ0) is 21.0. The van der Waals surface area contributed by atoms with Crippen LogP contribution in [0.2, 0.25) is 0 Å². The van der Waals surface area contributed by atoms with E-state index in [4.69, 9.17) is 9.47 Å². The molecule has 1 heterocycles. The van der Waals surface area contributed by atoms with E-state index in [1.165, 1.54) is 26.2 Å². The third-order valence-electron chi connectivity index (χ3n) is 4.25. The Morgan fingerprint density at radius 2 is 2.10 bits per heavy atom. The molecule has 0 aliphatic heterocycles. The van der Waals surface area contributed by atoms with Gasteiger partial charge in [0.1, 0.15) is 11.6 Å². The van der Waals surface area contributed by atoms with Crippen LogP contribution in [0.3, 0.4) is 0 Å². The number of hydrogen-bond donors (Lipinski definition) is 2. The summed E-state index contributed by atoms with van der Waals surface area (Å²) in [6.45, 7) is 1.43. The van der Waals surface area contributed by atoms with Gasteiger partial charge in [0.25, 0.3) is 0 Å². The Balaban J connectivity index is 1.75. The number of imidazole rings is 1. The quantitative estimate of drug-likeness (QED) is 0.374. The molecule has 0 fully saturated rings. The molecular formula is C21H18FN3O4. The molecule has 1 atom stereocenters. The van der Waals surface area contributed by atoms with Crippen molar-refractivity contribution < 1.29 is 23.8 Å². The Labute approximate surface area is 166 Å². The number of allylic oxidation sites excluding steroid dienone is 1. The Bertz CT molecular complexity index is 1100. The van der Waals surface area contributed by atoms with E-state index in [1.807, 2.05) is 12.1 Å². The standard InChI is InChI=1S/C21H18FN3O4/c1-12(29-19(26)10-13-7-8-18(28-2)15(22)9-13)20(27)14(11-23)21-24-16-5-3-4-6-17(16)25-21/h3-9,12,27H,10H2,1-2H3,(H,24,25)/b20-14-/t12-/m0/s1. The van der Waals surface area contributed by atoms with Gasteiger partial charge in [-0.05, 0) is 36.8 Å². The van der Waals surface area contributed by atoms with E-state index in [1.54, 1.807) is 24.3 Å². The molecule has 0 radical (unpaired) electrons. The maximum atomic E-state index is 13.7. The average molecular weight is 395 g/mol. The van der Waals surface area contributed by atoms with Crippen molar-refractivity contribution in [2.75, 3.05) is 7.11 Å². The monoisotopic (exact) mass is 395 g/mol. The van der Waals surface area contributed by atoms with E-state index < -0.39 is 23.6 Å². The maximum absolute atomic E-state index is 13.7. The molecule has 2 aromatic carbocycles. The normalized spacial score (nSPS) is 12.8. The highest BCUT2D eigenvalue weighted by molar-refractivity contribution is 5.83. The molecule has 8 heteroatoms. The molecule has 3 aromatic rings. The second-order valence-corrected chi connectivity index (χ2v) is 6.25. The molecule has 0 aliphatic carbocycles. The fourth-order valence-electron chi connectivity index (χ4n) is 2.79. The number of aromatic amines is 1. The summed E-state index contributed by atoms with van der Waals surface area (Å²) >= 11 is 0. The summed E-state index contributed by atoms with van der Waals surface area (Å²) in [5.41, 5.74) is 1.60. The van der Waals surface area contributed by atoms with Crippen LogP contribution in [0, 0.1) is 17.1 Å². The first-order valence-corrected chi connectivity index (χ1v) is 8.73. The number of para-hydroxylation sites is 2. The molecule has 0 spiro atoms. The van der Waals surface area contributed by atoms with Crippen LogP contribution in [-0.4, -0.2) is 34.3 Å². The van der Waals surface area contributed by atoms with Crippen molar-refractivity contribution in [2.24, 2.45) is 0 Å². The van der Waals surface area contributed by atoms with Crippen LogP contribution in [0.4, 0.5) is 4.39 Å². The van der Waals surface area contributed by atoms with Gasteiger partial charge in [0.15, 0.2) is 29.3 Å². The van der Waals surface area contributed by atoms with Crippen molar-refractivity contribution >= 4 is 22.6 Å². The number of methoxy groups -OCH3 is 1. The lowest BCUT2D eigenvalue weighted by Crippen LogP contribution is -2.20. The summed E-state index contributed by atoms with van der Waals surface area (Å²) < 4.78 is 23.8. The molecule has 1 aromatic heterocycles. The highest BCUT2D eigenvalue weighted by atomic mass is 19.1. The van der Waals surface area contributed by atoms with E-state index in [9.17, 15) is 19.6 Å². The number of hydrogen-bond acceptors (Lipinski definition) is 6. The van der Waals surface area contributed by atoms with Gasteiger partial charge >= 0.3 is 5.97 Å². The number of esters is 1. The lowest BCUT2D eigenvalue weighted by molar-refractivity contribution is -0.146. The van der Waals surface area contributed by atoms with Crippen LogP contribution in [-0.2, 0) is 16.0 Å². The van der Waals surface area contributed by atoms with E-state index in [0.29, 0.717) is 16.6 Å². The van der Waals surface area contributed by atoms with Gasteiger partial charge < -0.3 is 19.6 Å². The van der Waals surface area contributed by atoms with Gasteiger partial charge in [-0.1, -0.05) is 18.2 Å². The predicted molar refractivity (Wildman–Crippen MR) is 103 cm³/mol. The Kier molecular flexibility index (Phi) is 5.79. The summed E-state index contributed by atoms with van der Waals surface area (Å²) in [5.74, 6) is -1.46. The number of rotatable bonds is 6. The van der Waals surface area contributed by atoms with Crippen LogP contribution in [0.5, 0.6) is 5.75 Å². The molecule has 0 aliphatic rings. The second kappa shape index (κ2) is 8.44. The number of benzene rings is 2. The van der Waals surface area contributed by atoms with Crippen LogP contribution in [0.15, 0.2) is 48.2 Å². The van der Waals surface area contributed by atoms with E-state index in [-0.39, 0.29) is 23.6 Å². The highest BCUT2D eigenvalue weighted by Crippen LogP contribution is 2.22. The fourth-order valence-corrected chi connectivity index (χ4v) is 2.79. The highest BCUT2D eigenvalue weighted by Gasteiger charge is 2.21. The smallest absolute Gasteiger partial charge is 0.310 e. The number of carbonyl (C=O) groups is 1. The van der Waals surface area contributed by atoms with E-state index >= 15 is 0 Å². The zero-order valence-electron chi connectivity index (χ0n) is 15.8. The Morgan fingerprint density at radius 1 is 1.34 bits per heavy atom. The Hall–Kier alpha value is -3.86. The number of aliphatic hydroxyl groups is 1. The number of nitrogens with one attached hydrogen (secondary N) is 1. The summed E-state index contributed by atoms with van der Waals surface area (Å²) in [4.78, 5) is 19.4. The second-order valence-electron chi connectivity index (χ2n) is 6.25. The summed E-state index contributed by atoms with van der Waals surface area (Å²) in [5, 5.41) is 19.9. The first-order valence-electron chi connectivity index (χ1n) is 8.73. The molecule has 148 valence electrons. The van der Waals surface area contributed by atoms with Gasteiger partial charge in [-0.3, -0.25) is 4.79 Å². The van der Waals surface area contributed by atoms with Gasteiger partial charge in [-0.2, -0.15) is 5.26 Å². The van der Waals surface area contributed by atoms with Crippen molar-refractivity contribution in [1.29, 1.82) is 5.26 Å². The van der Waals surface area contributed by atoms with Gasteiger partial charge in [0.05, 0.1) is 24.6 Å². The number of carbonyl (C=O) groups excluding carboxylic acids is 1. The summed E-state index contributed by atoms with van der Waals surface area (Å²) in [6.07, 6.45) is -1.29. The fraction of sp³-hybridized carbons (Fsp3) is 0.190. The molecule has 2 N–H and O–H groups in total.